The zero-order valence-corrected chi connectivity index (χ0v) is 8.45. The highest BCUT2D eigenvalue weighted by molar-refractivity contribution is 5.73. The average molecular weight is 202 g/mol. The number of rotatable bonds is 3. The summed E-state index contributed by atoms with van der Waals surface area (Å²) in [6.45, 7) is 2.22. The SMILES string of the molecule is CCONC(=O)N[C@@H]1CCCC[C@@H]1O. The van der Waals surface area contributed by atoms with Crippen LogP contribution in [-0.2, 0) is 4.84 Å². The summed E-state index contributed by atoms with van der Waals surface area (Å²) in [6, 6.07) is -0.512. The summed E-state index contributed by atoms with van der Waals surface area (Å²) in [5.74, 6) is 0. The van der Waals surface area contributed by atoms with Crippen LogP contribution in [0.1, 0.15) is 32.6 Å². The summed E-state index contributed by atoms with van der Waals surface area (Å²) in [7, 11) is 0. The second-order valence-corrected chi connectivity index (χ2v) is 3.47. The highest BCUT2D eigenvalue weighted by Gasteiger charge is 2.24. The lowest BCUT2D eigenvalue weighted by Crippen LogP contribution is -2.48. The molecule has 1 aliphatic carbocycles. The van der Waals surface area contributed by atoms with E-state index in [1.807, 2.05) is 0 Å². The Kier molecular flexibility index (Phi) is 4.69. The number of aliphatic hydroxyl groups excluding tert-OH is 1. The van der Waals surface area contributed by atoms with Gasteiger partial charge in [0.15, 0.2) is 0 Å². The quantitative estimate of drug-likeness (QED) is 0.585. The molecular formula is C9H18N2O3. The van der Waals surface area contributed by atoms with Gasteiger partial charge in [0, 0.05) is 0 Å². The van der Waals surface area contributed by atoms with Gasteiger partial charge in [0.2, 0.25) is 0 Å². The summed E-state index contributed by atoms with van der Waals surface area (Å²) in [5, 5.41) is 12.2. The molecule has 0 aromatic carbocycles. The topological polar surface area (TPSA) is 70.6 Å². The molecule has 0 aliphatic heterocycles. The van der Waals surface area contributed by atoms with E-state index in [-0.39, 0.29) is 12.1 Å². The molecule has 0 unspecified atom stereocenters. The van der Waals surface area contributed by atoms with Gasteiger partial charge in [0.1, 0.15) is 0 Å². The molecular weight excluding hydrogens is 184 g/mol. The number of hydrogen-bond donors (Lipinski definition) is 3. The summed E-state index contributed by atoms with van der Waals surface area (Å²) < 4.78 is 0. The summed E-state index contributed by atoms with van der Waals surface area (Å²) >= 11 is 0. The van der Waals surface area contributed by atoms with E-state index in [1.165, 1.54) is 0 Å². The molecule has 0 spiro atoms. The molecule has 82 valence electrons. The zero-order valence-electron chi connectivity index (χ0n) is 8.45. The maximum Gasteiger partial charge on any atom is 0.339 e. The fourth-order valence-corrected chi connectivity index (χ4v) is 1.62. The van der Waals surface area contributed by atoms with Crippen molar-refractivity contribution in [1.29, 1.82) is 0 Å². The third kappa shape index (κ3) is 3.51. The first kappa shape index (κ1) is 11.3. The third-order valence-corrected chi connectivity index (χ3v) is 2.36. The van der Waals surface area contributed by atoms with Gasteiger partial charge in [0.25, 0.3) is 0 Å². The number of hydrogen-bond acceptors (Lipinski definition) is 3. The van der Waals surface area contributed by atoms with Gasteiger partial charge in [-0.05, 0) is 19.8 Å². The summed E-state index contributed by atoms with van der Waals surface area (Å²) in [4.78, 5) is 15.9. The van der Waals surface area contributed by atoms with Crippen LogP contribution in [0, 0.1) is 0 Å². The lowest BCUT2D eigenvalue weighted by molar-refractivity contribution is 0.0583. The summed E-state index contributed by atoms with van der Waals surface area (Å²) in [5.41, 5.74) is 2.24. The monoisotopic (exact) mass is 202 g/mol. The number of aliphatic hydroxyl groups is 1. The second-order valence-electron chi connectivity index (χ2n) is 3.47. The number of urea groups is 1. The highest BCUT2D eigenvalue weighted by Crippen LogP contribution is 2.17. The van der Waals surface area contributed by atoms with Crippen LogP contribution in [0.2, 0.25) is 0 Å². The number of amides is 2. The first-order valence-electron chi connectivity index (χ1n) is 5.10. The average Bonchev–Trinajstić information content (AvgIpc) is 2.18. The predicted molar refractivity (Wildman–Crippen MR) is 51.6 cm³/mol. The number of nitrogens with one attached hydrogen (secondary N) is 2. The van der Waals surface area contributed by atoms with Crippen molar-refractivity contribution in [3.05, 3.63) is 0 Å². The van der Waals surface area contributed by atoms with Gasteiger partial charge in [0.05, 0.1) is 18.8 Å². The van der Waals surface area contributed by atoms with E-state index >= 15 is 0 Å². The molecule has 1 fully saturated rings. The van der Waals surface area contributed by atoms with Gasteiger partial charge in [-0.25, -0.2) is 10.3 Å². The number of carbonyl (C=O) groups is 1. The van der Waals surface area contributed by atoms with Crippen molar-refractivity contribution in [2.24, 2.45) is 0 Å². The lowest BCUT2D eigenvalue weighted by Gasteiger charge is -2.28. The molecule has 1 saturated carbocycles. The Labute approximate surface area is 83.8 Å². The van der Waals surface area contributed by atoms with Crippen LogP contribution in [0.3, 0.4) is 0 Å². The van der Waals surface area contributed by atoms with Crippen molar-refractivity contribution < 1.29 is 14.7 Å². The molecule has 0 bridgehead atoms. The van der Waals surface area contributed by atoms with Crippen molar-refractivity contribution in [3.8, 4) is 0 Å². The molecule has 5 nitrogen and oxygen atoms in total. The standard InChI is InChI=1S/C9H18N2O3/c1-2-14-11-9(13)10-7-5-3-4-6-8(7)12/h7-8,12H,2-6H2,1H3,(H2,10,11,13)/t7-,8+/m1/s1. The molecule has 0 aromatic rings. The first-order chi connectivity index (χ1) is 6.74. The van der Waals surface area contributed by atoms with Gasteiger partial charge in [-0.1, -0.05) is 12.8 Å². The minimum atomic E-state index is -0.420. The molecule has 5 heteroatoms. The minimum Gasteiger partial charge on any atom is -0.391 e. The van der Waals surface area contributed by atoms with E-state index in [4.69, 9.17) is 4.84 Å². The van der Waals surface area contributed by atoms with Crippen molar-refractivity contribution >= 4 is 6.03 Å². The molecule has 0 aromatic heterocycles. The van der Waals surface area contributed by atoms with E-state index in [9.17, 15) is 9.90 Å². The van der Waals surface area contributed by atoms with Crippen molar-refractivity contribution in [1.82, 2.24) is 10.8 Å². The van der Waals surface area contributed by atoms with E-state index in [2.05, 4.69) is 10.8 Å². The Hall–Kier alpha value is -0.810. The molecule has 0 radical (unpaired) electrons. The fourth-order valence-electron chi connectivity index (χ4n) is 1.62. The normalized spacial score (nSPS) is 27.0. The Bertz CT molecular complexity index is 187. The molecule has 3 N–H and O–H groups in total. The first-order valence-corrected chi connectivity index (χ1v) is 5.10. The molecule has 0 heterocycles. The zero-order chi connectivity index (χ0) is 10.4. The Morgan fingerprint density at radius 1 is 1.50 bits per heavy atom. The van der Waals surface area contributed by atoms with Crippen molar-refractivity contribution in [3.63, 3.8) is 0 Å². The van der Waals surface area contributed by atoms with Gasteiger partial charge in [-0.15, -0.1) is 0 Å². The number of hydroxylamine groups is 1. The molecule has 2 atom stereocenters. The molecule has 2 amide bonds. The van der Waals surface area contributed by atoms with Crippen molar-refractivity contribution in [2.45, 2.75) is 44.8 Å². The van der Waals surface area contributed by atoms with Crippen LogP contribution < -0.4 is 10.8 Å². The van der Waals surface area contributed by atoms with E-state index in [0.717, 1.165) is 25.7 Å². The minimum absolute atomic E-state index is 0.135. The molecule has 0 saturated heterocycles. The van der Waals surface area contributed by atoms with Crippen LogP contribution in [0.15, 0.2) is 0 Å². The Morgan fingerprint density at radius 2 is 2.21 bits per heavy atom. The predicted octanol–water partition coefficient (Wildman–Crippen LogP) is 0.541. The fraction of sp³-hybridized carbons (Fsp3) is 0.889. The van der Waals surface area contributed by atoms with Crippen LogP contribution in [0.5, 0.6) is 0 Å². The van der Waals surface area contributed by atoms with Gasteiger partial charge >= 0.3 is 6.03 Å². The largest absolute Gasteiger partial charge is 0.391 e. The third-order valence-electron chi connectivity index (χ3n) is 2.36. The number of carbonyl (C=O) groups excluding carboxylic acids is 1. The Morgan fingerprint density at radius 3 is 2.86 bits per heavy atom. The Balaban J connectivity index is 2.23. The van der Waals surface area contributed by atoms with Crippen LogP contribution >= 0.6 is 0 Å². The molecule has 14 heavy (non-hydrogen) atoms. The van der Waals surface area contributed by atoms with Crippen LogP contribution in [0.4, 0.5) is 4.79 Å². The van der Waals surface area contributed by atoms with E-state index in [0.29, 0.717) is 6.61 Å². The maximum absolute atomic E-state index is 11.2. The van der Waals surface area contributed by atoms with Gasteiger partial charge in [-0.3, -0.25) is 4.84 Å². The van der Waals surface area contributed by atoms with E-state index in [1.54, 1.807) is 6.92 Å². The highest BCUT2D eigenvalue weighted by atomic mass is 16.7. The van der Waals surface area contributed by atoms with Crippen LogP contribution in [-0.4, -0.2) is 29.9 Å². The lowest BCUT2D eigenvalue weighted by atomic mass is 9.93. The summed E-state index contributed by atoms with van der Waals surface area (Å²) in [6.07, 6.45) is 3.26. The second kappa shape index (κ2) is 5.82. The van der Waals surface area contributed by atoms with Gasteiger partial charge in [-0.2, -0.15) is 0 Å². The maximum atomic E-state index is 11.2. The smallest absolute Gasteiger partial charge is 0.339 e. The molecule has 1 rings (SSSR count). The van der Waals surface area contributed by atoms with Crippen molar-refractivity contribution in [2.75, 3.05) is 6.61 Å². The van der Waals surface area contributed by atoms with Gasteiger partial charge < -0.3 is 10.4 Å². The van der Waals surface area contributed by atoms with Crippen LogP contribution in [0.25, 0.3) is 0 Å². The van der Waals surface area contributed by atoms with E-state index < -0.39 is 6.10 Å². The molecule has 1 aliphatic rings.